The molecule has 1 unspecified atom stereocenters. The second kappa shape index (κ2) is 6.71. The van der Waals surface area contributed by atoms with Crippen LogP contribution in [0.25, 0.3) is 5.70 Å². The van der Waals surface area contributed by atoms with Crippen LogP contribution in [0.5, 0.6) is 0 Å². The van der Waals surface area contributed by atoms with Gasteiger partial charge in [0.15, 0.2) is 5.60 Å². The van der Waals surface area contributed by atoms with E-state index in [0.29, 0.717) is 29.9 Å². The van der Waals surface area contributed by atoms with Crippen molar-refractivity contribution in [2.45, 2.75) is 51.5 Å². The summed E-state index contributed by atoms with van der Waals surface area (Å²) in [5.41, 5.74) is 3.34. The second-order valence-electron chi connectivity index (χ2n) is 8.92. The van der Waals surface area contributed by atoms with Crippen molar-refractivity contribution in [3.63, 3.8) is 0 Å². The minimum absolute atomic E-state index is 0.0975. The first kappa shape index (κ1) is 20.0. The van der Waals surface area contributed by atoms with Crippen LogP contribution < -0.4 is 16.2 Å². The maximum absolute atomic E-state index is 13.5. The summed E-state index contributed by atoms with van der Waals surface area (Å²) >= 11 is 0. The van der Waals surface area contributed by atoms with Gasteiger partial charge in [0.05, 0.1) is 35.2 Å². The maximum Gasteiger partial charge on any atom is 0.343 e. The van der Waals surface area contributed by atoms with Gasteiger partial charge in [0.2, 0.25) is 0 Å². The number of benzene rings is 1. The summed E-state index contributed by atoms with van der Waals surface area (Å²) in [4.78, 5) is 40.7. The molecule has 0 saturated heterocycles. The molecule has 1 aromatic heterocycles. The van der Waals surface area contributed by atoms with E-state index in [0.717, 1.165) is 34.6 Å². The number of pyridine rings is 1. The summed E-state index contributed by atoms with van der Waals surface area (Å²) in [5, 5.41) is 17.5. The van der Waals surface area contributed by atoms with Crippen molar-refractivity contribution in [3.8, 4) is 0 Å². The quantitative estimate of drug-likeness (QED) is 0.623. The van der Waals surface area contributed by atoms with Crippen molar-refractivity contribution in [1.82, 2.24) is 9.47 Å². The lowest BCUT2D eigenvalue weighted by molar-refractivity contribution is -0.172. The number of hydrogen-bond donors (Lipinski definition) is 3. The Morgan fingerprint density at radius 2 is 1.94 bits per heavy atom. The largest absolute Gasteiger partial charge is 0.458 e. The van der Waals surface area contributed by atoms with Crippen molar-refractivity contribution >= 4 is 29.1 Å². The minimum atomic E-state index is -1.86. The summed E-state index contributed by atoms with van der Waals surface area (Å²) in [7, 11) is 0. The molecule has 0 fully saturated rings. The van der Waals surface area contributed by atoms with Crippen molar-refractivity contribution in [2.24, 2.45) is 0 Å². The molecule has 3 N–H and O–H groups in total. The lowest BCUT2D eigenvalue weighted by Crippen LogP contribution is -2.45. The SMILES string of the molecule is CCCN1C(=O)Nc2cccc3c2C1C1=C(N3)c2cc3c(c(=O)n2C1)COC(=O)[C@]3(O)CC. The number of rotatable bonds is 3. The first-order chi connectivity index (χ1) is 15.9. The predicted octanol–water partition coefficient (Wildman–Crippen LogP) is 2.65. The highest BCUT2D eigenvalue weighted by Gasteiger charge is 2.47. The second-order valence-corrected chi connectivity index (χ2v) is 8.92. The van der Waals surface area contributed by atoms with E-state index >= 15 is 0 Å². The van der Waals surface area contributed by atoms with Gasteiger partial charge in [-0.15, -0.1) is 0 Å². The molecule has 4 aliphatic rings. The monoisotopic (exact) mass is 448 g/mol. The van der Waals surface area contributed by atoms with Crippen LogP contribution in [0.4, 0.5) is 16.2 Å². The number of aromatic nitrogens is 1. The zero-order chi connectivity index (χ0) is 23.1. The standard InChI is InChI=1S/C24H24N4O5/c1-3-8-27-20-12-10-28-17(9-14-13(21(28)29)11-33-22(30)24(14,32)4-2)19(12)25-15-6-5-7-16(18(15)20)26-23(27)31/h5-7,9,20,25,32H,3-4,8,10-11H2,1-2H3,(H,26,31)/t20?,24-/m0/s1. The number of amides is 2. The summed E-state index contributed by atoms with van der Waals surface area (Å²) in [6.07, 6.45) is 0.891. The van der Waals surface area contributed by atoms with Gasteiger partial charge in [-0.25, -0.2) is 9.59 Å². The van der Waals surface area contributed by atoms with Gasteiger partial charge in [-0.05, 0) is 31.0 Å². The van der Waals surface area contributed by atoms with Crippen LogP contribution in [0, 0.1) is 0 Å². The summed E-state index contributed by atoms with van der Waals surface area (Å²) in [5.74, 6) is -0.737. The van der Waals surface area contributed by atoms with Crippen LogP contribution >= 0.6 is 0 Å². The number of anilines is 2. The van der Waals surface area contributed by atoms with E-state index in [4.69, 9.17) is 4.74 Å². The van der Waals surface area contributed by atoms with Gasteiger partial charge in [0.25, 0.3) is 5.56 Å². The van der Waals surface area contributed by atoms with Crippen molar-refractivity contribution in [3.05, 3.63) is 62.6 Å². The zero-order valence-corrected chi connectivity index (χ0v) is 18.4. The van der Waals surface area contributed by atoms with Crippen molar-refractivity contribution in [1.29, 1.82) is 0 Å². The van der Waals surface area contributed by atoms with Crippen LogP contribution in [0.1, 0.15) is 55.1 Å². The molecule has 4 aliphatic heterocycles. The van der Waals surface area contributed by atoms with Crippen molar-refractivity contribution in [2.75, 3.05) is 17.2 Å². The Hall–Kier alpha value is -3.59. The fourth-order valence-corrected chi connectivity index (χ4v) is 5.55. The molecule has 0 radical (unpaired) electrons. The third-order valence-electron chi connectivity index (χ3n) is 7.20. The maximum atomic E-state index is 13.5. The Morgan fingerprint density at radius 3 is 2.67 bits per heavy atom. The van der Waals surface area contributed by atoms with Gasteiger partial charge in [0, 0.05) is 28.9 Å². The number of hydrogen-bond acceptors (Lipinski definition) is 6. The van der Waals surface area contributed by atoms with Gasteiger partial charge >= 0.3 is 12.0 Å². The molecule has 1 aromatic carbocycles. The highest BCUT2D eigenvalue weighted by atomic mass is 16.6. The summed E-state index contributed by atoms with van der Waals surface area (Å²) in [6.45, 7) is 4.43. The molecule has 33 heavy (non-hydrogen) atoms. The Bertz CT molecular complexity index is 1340. The molecule has 170 valence electrons. The van der Waals surface area contributed by atoms with E-state index in [1.165, 1.54) is 0 Å². The molecule has 6 rings (SSSR count). The van der Waals surface area contributed by atoms with E-state index in [2.05, 4.69) is 10.6 Å². The zero-order valence-electron chi connectivity index (χ0n) is 18.4. The molecule has 2 amide bonds. The summed E-state index contributed by atoms with van der Waals surface area (Å²) in [6, 6.07) is 6.98. The first-order valence-corrected chi connectivity index (χ1v) is 11.3. The predicted molar refractivity (Wildman–Crippen MR) is 120 cm³/mol. The number of nitrogens with one attached hydrogen (secondary N) is 2. The van der Waals surface area contributed by atoms with E-state index in [1.54, 1.807) is 17.6 Å². The molecule has 0 saturated carbocycles. The average molecular weight is 448 g/mol. The number of cyclic esters (lactones) is 1. The lowest BCUT2D eigenvalue weighted by Gasteiger charge is -2.41. The Labute approximate surface area is 189 Å². The highest BCUT2D eigenvalue weighted by Crippen LogP contribution is 2.50. The lowest BCUT2D eigenvalue weighted by atomic mass is 9.85. The minimum Gasteiger partial charge on any atom is -0.458 e. The third-order valence-corrected chi connectivity index (χ3v) is 7.20. The third kappa shape index (κ3) is 2.48. The number of ether oxygens (including phenoxy) is 1. The Kier molecular flexibility index (Phi) is 4.08. The first-order valence-electron chi connectivity index (χ1n) is 11.3. The smallest absolute Gasteiger partial charge is 0.343 e. The van der Waals surface area contributed by atoms with Gasteiger partial charge < -0.3 is 29.9 Å². The van der Waals surface area contributed by atoms with Gasteiger partial charge in [-0.3, -0.25) is 4.79 Å². The number of fused-ring (bicyclic) bond motifs is 4. The average Bonchev–Trinajstić information content (AvgIpc) is 3.18. The molecule has 9 nitrogen and oxygen atoms in total. The summed E-state index contributed by atoms with van der Waals surface area (Å²) < 4.78 is 6.81. The molecular formula is C24H24N4O5. The fraction of sp³-hybridized carbons (Fsp3) is 0.375. The number of nitrogens with zero attached hydrogens (tertiary/aromatic N) is 2. The fourth-order valence-electron chi connectivity index (χ4n) is 5.55. The number of esters is 1. The molecule has 5 heterocycles. The normalized spacial score (nSPS) is 24.3. The van der Waals surface area contributed by atoms with Gasteiger partial charge in [0.1, 0.15) is 6.61 Å². The topological polar surface area (TPSA) is 113 Å². The number of carbonyl (C=O) groups excluding carboxylic acids is 2. The molecular weight excluding hydrogens is 424 g/mol. The Balaban J connectivity index is 1.58. The van der Waals surface area contributed by atoms with Gasteiger partial charge in [-0.1, -0.05) is 19.9 Å². The van der Waals surface area contributed by atoms with Crippen LogP contribution in [0.2, 0.25) is 0 Å². The number of aliphatic hydroxyl groups is 1. The van der Waals surface area contributed by atoms with E-state index in [9.17, 15) is 19.5 Å². The van der Waals surface area contributed by atoms with Crippen LogP contribution in [0.15, 0.2) is 34.6 Å². The van der Waals surface area contributed by atoms with E-state index < -0.39 is 11.6 Å². The molecule has 9 heteroatoms. The molecule has 0 spiro atoms. The van der Waals surface area contributed by atoms with E-state index in [-0.39, 0.29) is 30.7 Å². The van der Waals surface area contributed by atoms with Crippen LogP contribution in [-0.2, 0) is 28.3 Å². The highest BCUT2D eigenvalue weighted by molar-refractivity contribution is 5.99. The van der Waals surface area contributed by atoms with Crippen LogP contribution in [-0.4, -0.2) is 33.1 Å². The number of urea groups is 1. The number of carbonyl (C=O) groups is 2. The molecule has 0 aliphatic carbocycles. The molecule has 2 atom stereocenters. The molecule has 2 aromatic rings. The van der Waals surface area contributed by atoms with Gasteiger partial charge in [-0.2, -0.15) is 0 Å². The van der Waals surface area contributed by atoms with Crippen molar-refractivity contribution < 1.29 is 19.4 Å². The molecule has 0 bridgehead atoms. The van der Waals surface area contributed by atoms with Crippen LogP contribution in [0.3, 0.4) is 0 Å². The van der Waals surface area contributed by atoms with E-state index in [1.807, 2.05) is 30.0 Å². The Morgan fingerprint density at radius 1 is 1.18 bits per heavy atom.